The Morgan fingerprint density at radius 1 is 1.15 bits per heavy atom. The molecule has 2 rings (SSSR count). The van der Waals surface area contributed by atoms with E-state index in [1.54, 1.807) is 0 Å². The molecule has 0 aliphatic carbocycles. The van der Waals surface area contributed by atoms with Gasteiger partial charge in [0.15, 0.2) is 0 Å². The minimum Gasteiger partial charge on any atom is -0.387 e. The van der Waals surface area contributed by atoms with Crippen LogP contribution in [0, 0.1) is 0 Å². The lowest BCUT2D eigenvalue weighted by Crippen LogP contribution is -2.20. The highest BCUT2D eigenvalue weighted by atomic mass is 35.5. The van der Waals surface area contributed by atoms with Crippen molar-refractivity contribution in [3.8, 4) is 0 Å². The van der Waals surface area contributed by atoms with Crippen molar-refractivity contribution >= 4 is 38.9 Å². The number of primary sulfonamides is 1. The fourth-order valence-corrected chi connectivity index (χ4v) is 3.48. The average Bonchev–Trinajstić information content (AvgIpc) is 2.50. The van der Waals surface area contributed by atoms with Gasteiger partial charge < -0.3 is 10.4 Å². The van der Waals surface area contributed by atoms with E-state index in [1.807, 2.05) is 0 Å². The summed E-state index contributed by atoms with van der Waals surface area (Å²) in [5.41, 5.74) is -1.11. The van der Waals surface area contributed by atoms with E-state index in [0.717, 1.165) is 12.1 Å². The van der Waals surface area contributed by atoms with E-state index in [2.05, 4.69) is 5.32 Å². The Morgan fingerprint density at radius 3 is 2.35 bits per heavy atom. The second-order valence-electron chi connectivity index (χ2n) is 5.32. The van der Waals surface area contributed by atoms with Gasteiger partial charge in [-0.25, -0.2) is 13.6 Å². The molecule has 0 aliphatic heterocycles. The van der Waals surface area contributed by atoms with Crippen molar-refractivity contribution in [3.63, 3.8) is 0 Å². The molecule has 0 aromatic heterocycles. The Kier molecular flexibility index (Phi) is 6.09. The lowest BCUT2D eigenvalue weighted by atomic mass is 10.1. The first-order valence-electron chi connectivity index (χ1n) is 7.00. The van der Waals surface area contributed by atoms with Crippen molar-refractivity contribution in [2.75, 3.05) is 11.9 Å². The zero-order valence-electron chi connectivity index (χ0n) is 12.9. The van der Waals surface area contributed by atoms with Crippen LogP contribution in [0.25, 0.3) is 0 Å². The molecule has 142 valence electrons. The summed E-state index contributed by atoms with van der Waals surface area (Å²) < 4.78 is 61.9. The number of nitrogens with one attached hydrogen (secondary N) is 1. The third kappa shape index (κ3) is 5.01. The lowest BCUT2D eigenvalue weighted by molar-refractivity contribution is -0.139. The molecule has 2 aromatic carbocycles. The van der Waals surface area contributed by atoms with Crippen LogP contribution in [-0.4, -0.2) is 20.1 Å². The van der Waals surface area contributed by atoms with Gasteiger partial charge in [-0.1, -0.05) is 29.3 Å². The molecule has 0 saturated carbocycles. The SMILES string of the molecule is NS(=O)(=O)c1ccc(NCC(O)c2ccc(Cl)cc2Cl)cc1C(F)(F)F. The summed E-state index contributed by atoms with van der Waals surface area (Å²) in [7, 11) is -4.54. The molecule has 0 radical (unpaired) electrons. The van der Waals surface area contributed by atoms with Gasteiger partial charge >= 0.3 is 6.18 Å². The summed E-state index contributed by atoms with van der Waals surface area (Å²) in [5.74, 6) is 0. The summed E-state index contributed by atoms with van der Waals surface area (Å²) in [6, 6.07) is 6.89. The first-order chi connectivity index (χ1) is 11.9. The number of anilines is 1. The van der Waals surface area contributed by atoms with Gasteiger partial charge in [0.25, 0.3) is 0 Å². The molecule has 4 N–H and O–H groups in total. The van der Waals surface area contributed by atoms with Crippen LogP contribution in [0.4, 0.5) is 18.9 Å². The Hall–Kier alpha value is -1.52. The van der Waals surface area contributed by atoms with Gasteiger partial charge in [0, 0.05) is 27.8 Å². The van der Waals surface area contributed by atoms with E-state index in [0.29, 0.717) is 16.7 Å². The Bertz CT molecular complexity index is 921. The third-order valence-corrected chi connectivity index (χ3v) is 4.94. The van der Waals surface area contributed by atoms with Gasteiger partial charge in [-0.3, -0.25) is 0 Å². The molecule has 26 heavy (non-hydrogen) atoms. The number of aliphatic hydroxyl groups excluding tert-OH is 1. The Morgan fingerprint density at radius 2 is 1.81 bits per heavy atom. The van der Waals surface area contributed by atoms with Crippen LogP contribution in [0.3, 0.4) is 0 Å². The fourth-order valence-electron chi connectivity index (χ4n) is 2.21. The van der Waals surface area contributed by atoms with Crippen molar-refractivity contribution < 1.29 is 26.7 Å². The molecule has 1 atom stereocenters. The molecule has 0 bridgehead atoms. The molecule has 0 saturated heterocycles. The first-order valence-corrected chi connectivity index (χ1v) is 9.31. The van der Waals surface area contributed by atoms with Gasteiger partial charge in [-0.05, 0) is 30.3 Å². The van der Waals surface area contributed by atoms with Crippen LogP contribution in [0.5, 0.6) is 0 Å². The third-order valence-electron chi connectivity index (χ3n) is 3.41. The summed E-state index contributed by atoms with van der Waals surface area (Å²) in [6.07, 6.45) is -6.05. The molecule has 0 amide bonds. The zero-order chi connectivity index (χ0) is 19.7. The maximum Gasteiger partial charge on any atom is 0.417 e. The number of hydrogen-bond acceptors (Lipinski definition) is 4. The Labute approximate surface area is 157 Å². The van der Waals surface area contributed by atoms with Crippen LogP contribution < -0.4 is 10.5 Å². The second-order valence-corrected chi connectivity index (χ2v) is 7.69. The minimum absolute atomic E-state index is 0.0474. The second kappa shape index (κ2) is 7.61. The minimum atomic E-state index is -4.92. The number of rotatable bonds is 5. The molecule has 0 aliphatic rings. The van der Waals surface area contributed by atoms with Crippen molar-refractivity contribution in [1.29, 1.82) is 0 Å². The molecular formula is C15H13Cl2F3N2O3S. The molecule has 0 spiro atoms. The van der Waals surface area contributed by atoms with E-state index in [4.69, 9.17) is 28.3 Å². The number of hydrogen-bond donors (Lipinski definition) is 3. The van der Waals surface area contributed by atoms with Crippen LogP contribution >= 0.6 is 23.2 Å². The van der Waals surface area contributed by atoms with E-state index in [-0.39, 0.29) is 17.3 Å². The fraction of sp³-hybridized carbons (Fsp3) is 0.200. The van der Waals surface area contributed by atoms with E-state index in [1.165, 1.54) is 18.2 Å². The zero-order valence-corrected chi connectivity index (χ0v) is 15.2. The molecule has 2 aromatic rings. The van der Waals surface area contributed by atoms with Crippen LogP contribution in [0.15, 0.2) is 41.3 Å². The van der Waals surface area contributed by atoms with Crippen molar-refractivity contribution in [2.45, 2.75) is 17.2 Å². The molecule has 1 unspecified atom stereocenters. The van der Waals surface area contributed by atoms with Crippen molar-refractivity contribution in [3.05, 3.63) is 57.6 Å². The predicted molar refractivity (Wildman–Crippen MR) is 92.7 cm³/mol. The Balaban J connectivity index is 2.25. The molecule has 0 heterocycles. The monoisotopic (exact) mass is 428 g/mol. The van der Waals surface area contributed by atoms with E-state index >= 15 is 0 Å². The topological polar surface area (TPSA) is 92.4 Å². The summed E-state index contributed by atoms with van der Waals surface area (Å²) in [5, 5.41) is 18.1. The maximum absolute atomic E-state index is 13.1. The number of sulfonamides is 1. The number of aliphatic hydroxyl groups is 1. The lowest BCUT2D eigenvalue weighted by Gasteiger charge is -2.17. The molecule has 0 fully saturated rings. The quantitative estimate of drug-likeness (QED) is 0.674. The molecular weight excluding hydrogens is 416 g/mol. The van der Waals surface area contributed by atoms with Gasteiger partial charge in [0.1, 0.15) is 0 Å². The normalized spacial score (nSPS) is 13.5. The number of halogens is 5. The number of benzene rings is 2. The highest BCUT2D eigenvalue weighted by Crippen LogP contribution is 2.35. The van der Waals surface area contributed by atoms with Crippen molar-refractivity contribution in [2.24, 2.45) is 5.14 Å². The van der Waals surface area contributed by atoms with E-state index < -0.39 is 32.8 Å². The smallest absolute Gasteiger partial charge is 0.387 e. The maximum atomic E-state index is 13.1. The molecule has 11 heteroatoms. The predicted octanol–water partition coefficient (Wildman–Crippen LogP) is 3.81. The number of alkyl halides is 3. The summed E-state index contributed by atoms with van der Waals surface area (Å²) >= 11 is 11.7. The van der Waals surface area contributed by atoms with E-state index in [9.17, 15) is 26.7 Å². The van der Waals surface area contributed by atoms with Gasteiger partial charge in [0.05, 0.1) is 16.6 Å². The highest BCUT2D eigenvalue weighted by Gasteiger charge is 2.36. The highest BCUT2D eigenvalue weighted by molar-refractivity contribution is 7.89. The van der Waals surface area contributed by atoms with Gasteiger partial charge in [-0.15, -0.1) is 0 Å². The van der Waals surface area contributed by atoms with Gasteiger partial charge in [-0.2, -0.15) is 13.2 Å². The van der Waals surface area contributed by atoms with Crippen LogP contribution in [-0.2, 0) is 16.2 Å². The van der Waals surface area contributed by atoms with Gasteiger partial charge in [0.2, 0.25) is 10.0 Å². The molecule has 5 nitrogen and oxygen atoms in total. The number of nitrogens with two attached hydrogens (primary N) is 1. The van der Waals surface area contributed by atoms with Crippen LogP contribution in [0.2, 0.25) is 10.0 Å². The van der Waals surface area contributed by atoms with Crippen LogP contribution in [0.1, 0.15) is 17.2 Å². The van der Waals surface area contributed by atoms with Crippen molar-refractivity contribution in [1.82, 2.24) is 0 Å². The summed E-state index contributed by atoms with van der Waals surface area (Å²) in [4.78, 5) is -1.03. The largest absolute Gasteiger partial charge is 0.417 e. The average molecular weight is 429 g/mol. The standard InChI is InChI=1S/C15H13Cl2F3N2O3S/c16-8-1-3-10(12(17)5-8)13(23)7-22-9-2-4-14(26(21,24)25)11(6-9)15(18,19)20/h1-6,13,22-23H,7H2,(H2,21,24,25). The summed E-state index contributed by atoms with van der Waals surface area (Å²) in [6.45, 7) is -0.173. The first kappa shape index (κ1) is 20.8.